The van der Waals surface area contributed by atoms with Gasteiger partial charge in [0, 0.05) is 18.3 Å². The molecule has 4 nitrogen and oxygen atoms in total. The number of amides is 1. The smallest absolute Gasteiger partial charge is 0.253 e. The van der Waals surface area contributed by atoms with E-state index in [2.05, 4.69) is 22.5 Å². The van der Waals surface area contributed by atoms with E-state index in [4.69, 9.17) is 0 Å². The van der Waals surface area contributed by atoms with Gasteiger partial charge < -0.3 is 10.6 Å². The van der Waals surface area contributed by atoms with Crippen molar-refractivity contribution in [3.05, 3.63) is 23.9 Å². The minimum Gasteiger partial charge on any atom is -0.370 e. The maximum Gasteiger partial charge on any atom is 0.253 e. The highest BCUT2D eigenvalue weighted by atomic mass is 16.1. The SMILES string of the molecule is CCNc1ccc(C(=O)NC2(CC)CCC2)cn1. The molecule has 1 heterocycles. The second-order valence-corrected chi connectivity index (χ2v) is 4.90. The molecule has 0 bridgehead atoms. The van der Waals surface area contributed by atoms with E-state index < -0.39 is 0 Å². The molecular weight excluding hydrogens is 226 g/mol. The summed E-state index contributed by atoms with van der Waals surface area (Å²) < 4.78 is 0. The highest BCUT2D eigenvalue weighted by molar-refractivity contribution is 5.94. The molecule has 2 N–H and O–H groups in total. The average Bonchev–Trinajstić information content (AvgIpc) is 2.35. The second kappa shape index (κ2) is 5.38. The Balaban J connectivity index is 2.00. The number of anilines is 1. The Bertz CT molecular complexity index is 404. The van der Waals surface area contributed by atoms with Crippen molar-refractivity contribution in [1.82, 2.24) is 10.3 Å². The first-order valence-corrected chi connectivity index (χ1v) is 6.71. The van der Waals surface area contributed by atoms with Crippen LogP contribution in [0.4, 0.5) is 5.82 Å². The number of nitrogens with one attached hydrogen (secondary N) is 2. The van der Waals surface area contributed by atoms with Crippen molar-refractivity contribution >= 4 is 11.7 Å². The summed E-state index contributed by atoms with van der Waals surface area (Å²) >= 11 is 0. The molecule has 1 saturated carbocycles. The van der Waals surface area contributed by atoms with Gasteiger partial charge in [0.1, 0.15) is 5.82 Å². The Hall–Kier alpha value is -1.58. The van der Waals surface area contributed by atoms with Crippen molar-refractivity contribution < 1.29 is 4.79 Å². The third-order valence-corrected chi connectivity index (χ3v) is 3.75. The molecule has 1 aromatic rings. The number of hydrogen-bond donors (Lipinski definition) is 2. The molecule has 1 aliphatic rings. The van der Waals surface area contributed by atoms with Gasteiger partial charge in [-0.2, -0.15) is 0 Å². The molecule has 1 amide bonds. The Morgan fingerprint density at radius 2 is 2.17 bits per heavy atom. The number of hydrogen-bond acceptors (Lipinski definition) is 3. The molecule has 4 heteroatoms. The lowest BCUT2D eigenvalue weighted by molar-refractivity contribution is 0.0820. The Kier molecular flexibility index (Phi) is 3.84. The molecule has 1 aromatic heterocycles. The molecule has 0 radical (unpaired) electrons. The van der Waals surface area contributed by atoms with Crippen molar-refractivity contribution in [1.29, 1.82) is 0 Å². The largest absolute Gasteiger partial charge is 0.370 e. The van der Waals surface area contributed by atoms with E-state index in [9.17, 15) is 4.79 Å². The van der Waals surface area contributed by atoms with Crippen LogP contribution in [0.2, 0.25) is 0 Å². The summed E-state index contributed by atoms with van der Waals surface area (Å²) in [7, 11) is 0. The molecule has 0 spiro atoms. The van der Waals surface area contributed by atoms with Crippen LogP contribution in [0.3, 0.4) is 0 Å². The molecular formula is C14H21N3O. The zero-order valence-corrected chi connectivity index (χ0v) is 11.1. The van der Waals surface area contributed by atoms with Gasteiger partial charge >= 0.3 is 0 Å². The lowest BCUT2D eigenvalue weighted by atomic mass is 9.74. The zero-order chi connectivity index (χ0) is 13.0. The molecule has 0 atom stereocenters. The van der Waals surface area contributed by atoms with E-state index in [1.165, 1.54) is 6.42 Å². The van der Waals surface area contributed by atoms with Gasteiger partial charge in [-0.15, -0.1) is 0 Å². The number of carbonyl (C=O) groups is 1. The van der Waals surface area contributed by atoms with Gasteiger partial charge in [-0.3, -0.25) is 4.79 Å². The summed E-state index contributed by atoms with van der Waals surface area (Å²) in [6.07, 6.45) is 6.04. The van der Waals surface area contributed by atoms with Crippen molar-refractivity contribution in [3.63, 3.8) is 0 Å². The molecule has 18 heavy (non-hydrogen) atoms. The number of aromatic nitrogens is 1. The van der Waals surface area contributed by atoms with Crippen LogP contribution in [0.5, 0.6) is 0 Å². The van der Waals surface area contributed by atoms with Crippen LogP contribution in [0.15, 0.2) is 18.3 Å². The van der Waals surface area contributed by atoms with Crippen LogP contribution in [-0.2, 0) is 0 Å². The molecule has 0 unspecified atom stereocenters. The first kappa shape index (κ1) is 12.9. The van der Waals surface area contributed by atoms with Crippen molar-refractivity contribution in [2.75, 3.05) is 11.9 Å². The van der Waals surface area contributed by atoms with Crippen molar-refractivity contribution in [2.24, 2.45) is 0 Å². The lowest BCUT2D eigenvalue weighted by Gasteiger charge is -2.42. The summed E-state index contributed by atoms with van der Waals surface area (Å²) in [5.41, 5.74) is 0.675. The first-order valence-electron chi connectivity index (χ1n) is 6.71. The van der Waals surface area contributed by atoms with E-state index in [0.717, 1.165) is 31.6 Å². The topological polar surface area (TPSA) is 54.0 Å². The quantitative estimate of drug-likeness (QED) is 0.840. The van der Waals surface area contributed by atoms with Gasteiger partial charge in [0.2, 0.25) is 0 Å². The van der Waals surface area contributed by atoms with Crippen LogP contribution in [0, 0.1) is 0 Å². The van der Waals surface area contributed by atoms with Gasteiger partial charge in [0.15, 0.2) is 0 Å². The first-order chi connectivity index (χ1) is 8.69. The summed E-state index contributed by atoms with van der Waals surface area (Å²) in [5, 5.41) is 6.26. The Labute approximate surface area is 108 Å². The monoisotopic (exact) mass is 247 g/mol. The van der Waals surface area contributed by atoms with Gasteiger partial charge in [-0.1, -0.05) is 6.92 Å². The maximum atomic E-state index is 12.1. The number of nitrogens with zero attached hydrogens (tertiary/aromatic N) is 1. The average molecular weight is 247 g/mol. The van der Waals surface area contributed by atoms with E-state index in [1.807, 2.05) is 19.1 Å². The molecule has 0 aliphatic heterocycles. The van der Waals surface area contributed by atoms with Crippen LogP contribution >= 0.6 is 0 Å². The molecule has 98 valence electrons. The predicted molar refractivity (Wildman–Crippen MR) is 72.7 cm³/mol. The minimum absolute atomic E-state index is 0.00732. The molecule has 0 saturated heterocycles. The summed E-state index contributed by atoms with van der Waals surface area (Å²) in [6, 6.07) is 3.67. The maximum absolute atomic E-state index is 12.1. The second-order valence-electron chi connectivity index (χ2n) is 4.90. The fourth-order valence-electron chi connectivity index (χ4n) is 2.30. The van der Waals surface area contributed by atoms with Crippen molar-refractivity contribution in [3.8, 4) is 0 Å². The van der Waals surface area contributed by atoms with Crippen LogP contribution in [0.1, 0.15) is 49.9 Å². The highest BCUT2D eigenvalue weighted by Gasteiger charge is 2.36. The van der Waals surface area contributed by atoms with Crippen LogP contribution in [0.25, 0.3) is 0 Å². The van der Waals surface area contributed by atoms with E-state index in [1.54, 1.807) is 6.20 Å². The summed E-state index contributed by atoms with van der Waals surface area (Å²) in [5.74, 6) is 0.801. The van der Waals surface area contributed by atoms with Gasteiger partial charge in [0.05, 0.1) is 5.56 Å². The summed E-state index contributed by atoms with van der Waals surface area (Å²) in [4.78, 5) is 16.3. The van der Waals surface area contributed by atoms with E-state index >= 15 is 0 Å². The predicted octanol–water partition coefficient (Wildman–Crippen LogP) is 2.58. The van der Waals surface area contributed by atoms with Gasteiger partial charge in [-0.25, -0.2) is 4.98 Å². The Morgan fingerprint density at radius 1 is 1.39 bits per heavy atom. The number of rotatable bonds is 5. The minimum atomic E-state index is -0.00732. The molecule has 1 aliphatic carbocycles. The Morgan fingerprint density at radius 3 is 2.61 bits per heavy atom. The van der Waals surface area contributed by atoms with Crippen molar-refractivity contribution in [2.45, 2.75) is 45.1 Å². The standard InChI is InChI=1S/C14H21N3O/c1-3-14(8-5-9-14)17-13(18)11-6-7-12(15-4-2)16-10-11/h6-7,10H,3-5,8-9H2,1-2H3,(H,15,16)(H,17,18). The molecule has 2 rings (SSSR count). The normalized spacial score (nSPS) is 16.8. The third kappa shape index (κ3) is 2.63. The highest BCUT2D eigenvalue weighted by Crippen LogP contribution is 2.34. The van der Waals surface area contributed by atoms with E-state index in [0.29, 0.717) is 5.56 Å². The third-order valence-electron chi connectivity index (χ3n) is 3.75. The van der Waals surface area contributed by atoms with Crippen LogP contribution < -0.4 is 10.6 Å². The summed E-state index contributed by atoms with van der Waals surface area (Å²) in [6.45, 7) is 4.98. The van der Waals surface area contributed by atoms with Crippen LogP contribution in [-0.4, -0.2) is 23.0 Å². The fraction of sp³-hybridized carbons (Fsp3) is 0.571. The molecule has 1 fully saturated rings. The number of carbonyl (C=O) groups excluding carboxylic acids is 1. The lowest BCUT2D eigenvalue weighted by Crippen LogP contribution is -2.52. The van der Waals surface area contributed by atoms with Gasteiger partial charge in [0.25, 0.3) is 5.91 Å². The fourth-order valence-corrected chi connectivity index (χ4v) is 2.30. The van der Waals surface area contributed by atoms with Gasteiger partial charge in [-0.05, 0) is 44.7 Å². The zero-order valence-electron chi connectivity index (χ0n) is 11.1. The molecule has 0 aromatic carbocycles. The van der Waals surface area contributed by atoms with E-state index in [-0.39, 0.29) is 11.4 Å². The number of pyridine rings is 1.